The van der Waals surface area contributed by atoms with Crippen LogP contribution in [0.4, 0.5) is 0 Å². The summed E-state index contributed by atoms with van der Waals surface area (Å²) >= 11 is 0. The minimum absolute atomic E-state index is 0.117. The molecule has 24 heavy (non-hydrogen) atoms. The van der Waals surface area contributed by atoms with Crippen LogP contribution in [0.25, 0.3) is 0 Å². The Hall–Kier alpha value is -2.08. The maximum Gasteiger partial charge on any atom is 0.0855 e. The third-order valence-corrected chi connectivity index (χ3v) is 4.92. The predicted octanol–water partition coefficient (Wildman–Crippen LogP) is 3.92. The monoisotopic (exact) mass is 320 g/mol. The van der Waals surface area contributed by atoms with Crippen molar-refractivity contribution in [3.63, 3.8) is 0 Å². The van der Waals surface area contributed by atoms with Gasteiger partial charge in [-0.3, -0.25) is 0 Å². The summed E-state index contributed by atoms with van der Waals surface area (Å²) in [6.45, 7) is 2.19. The van der Waals surface area contributed by atoms with Crippen LogP contribution in [0.1, 0.15) is 49.0 Å². The zero-order chi connectivity index (χ0) is 16.9. The van der Waals surface area contributed by atoms with Gasteiger partial charge in [-0.05, 0) is 48.9 Å². The van der Waals surface area contributed by atoms with Crippen LogP contribution < -0.4 is 0 Å². The molecule has 0 radical (unpaired) electrons. The first-order valence-corrected chi connectivity index (χ1v) is 8.67. The summed E-state index contributed by atoms with van der Waals surface area (Å²) in [5.41, 5.74) is 2.60. The first-order chi connectivity index (χ1) is 11.6. The van der Waals surface area contributed by atoms with E-state index in [0.29, 0.717) is 5.92 Å². The molecule has 3 rings (SSSR count). The van der Waals surface area contributed by atoms with Crippen molar-refractivity contribution < 1.29 is 10.2 Å². The van der Waals surface area contributed by atoms with Gasteiger partial charge in [0.2, 0.25) is 0 Å². The highest BCUT2D eigenvalue weighted by Gasteiger charge is 2.33. The summed E-state index contributed by atoms with van der Waals surface area (Å²) in [6, 6.07) is 17.6. The van der Waals surface area contributed by atoms with Crippen molar-refractivity contribution in [2.24, 2.45) is 11.8 Å². The van der Waals surface area contributed by atoms with Gasteiger partial charge in [0.05, 0.1) is 12.2 Å². The zero-order valence-electron chi connectivity index (χ0n) is 14.0. The van der Waals surface area contributed by atoms with E-state index < -0.39 is 12.2 Å². The quantitative estimate of drug-likeness (QED) is 0.824. The molecule has 1 saturated carbocycles. The van der Waals surface area contributed by atoms with Crippen LogP contribution >= 0.6 is 0 Å². The molecule has 0 bridgehead atoms. The van der Waals surface area contributed by atoms with Crippen LogP contribution in [0, 0.1) is 23.7 Å². The van der Waals surface area contributed by atoms with Gasteiger partial charge in [-0.15, -0.1) is 0 Å². The van der Waals surface area contributed by atoms with Crippen LogP contribution in [0.2, 0.25) is 0 Å². The van der Waals surface area contributed by atoms with Crippen molar-refractivity contribution in [1.29, 1.82) is 0 Å². The number of aliphatic hydroxyl groups is 2. The SMILES string of the molecule is C[C@H]1CC[C@@H](O)[C@H]([C@@H](O)c2ccccc2C#Cc2ccccc2)C1. The Morgan fingerprint density at radius 2 is 1.67 bits per heavy atom. The van der Waals surface area contributed by atoms with Crippen LogP contribution in [0.5, 0.6) is 0 Å². The Bertz CT molecular complexity index is 726. The van der Waals surface area contributed by atoms with E-state index >= 15 is 0 Å². The van der Waals surface area contributed by atoms with E-state index in [0.717, 1.165) is 36.0 Å². The highest BCUT2D eigenvalue weighted by molar-refractivity contribution is 5.47. The summed E-state index contributed by atoms with van der Waals surface area (Å²) < 4.78 is 0. The third kappa shape index (κ3) is 3.87. The van der Waals surface area contributed by atoms with E-state index in [4.69, 9.17) is 0 Å². The van der Waals surface area contributed by atoms with Crippen molar-refractivity contribution in [2.45, 2.75) is 38.4 Å². The Kier molecular flexibility index (Phi) is 5.35. The molecule has 2 heteroatoms. The molecule has 4 atom stereocenters. The van der Waals surface area contributed by atoms with E-state index in [9.17, 15) is 10.2 Å². The Morgan fingerprint density at radius 1 is 0.958 bits per heavy atom. The predicted molar refractivity (Wildman–Crippen MR) is 96.3 cm³/mol. The molecule has 124 valence electrons. The molecule has 2 nitrogen and oxygen atoms in total. The molecule has 2 aromatic rings. The molecule has 0 saturated heterocycles. The summed E-state index contributed by atoms with van der Waals surface area (Å²) in [6.07, 6.45) is 1.53. The van der Waals surface area contributed by atoms with Crippen LogP contribution in [-0.2, 0) is 0 Å². The number of hydrogen-bond acceptors (Lipinski definition) is 2. The van der Waals surface area contributed by atoms with Gasteiger partial charge in [-0.2, -0.15) is 0 Å². The van der Waals surface area contributed by atoms with Crippen LogP contribution in [-0.4, -0.2) is 16.3 Å². The van der Waals surface area contributed by atoms with Gasteiger partial charge in [0.1, 0.15) is 0 Å². The van der Waals surface area contributed by atoms with Crippen molar-refractivity contribution in [1.82, 2.24) is 0 Å². The number of hydrogen-bond donors (Lipinski definition) is 2. The maximum absolute atomic E-state index is 10.9. The molecular weight excluding hydrogens is 296 g/mol. The van der Waals surface area contributed by atoms with E-state index in [1.54, 1.807) is 0 Å². The minimum Gasteiger partial charge on any atom is -0.393 e. The molecule has 0 aromatic heterocycles. The van der Waals surface area contributed by atoms with E-state index in [1.807, 2.05) is 54.6 Å². The van der Waals surface area contributed by atoms with Crippen molar-refractivity contribution >= 4 is 0 Å². The van der Waals surface area contributed by atoms with Gasteiger partial charge in [-0.1, -0.05) is 55.2 Å². The third-order valence-electron chi connectivity index (χ3n) is 4.92. The number of aliphatic hydroxyl groups excluding tert-OH is 2. The molecule has 0 unspecified atom stereocenters. The summed E-state index contributed by atoms with van der Waals surface area (Å²) in [7, 11) is 0. The fourth-order valence-electron chi connectivity index (χ4n) is 3.51. The standard InChI is InChI=1S/C22H24O2/c1-16-11-14-21(23)20(15-16)22(24)19-10-6-5-9-18(19)13-12-17-7-3-2-4-8-17/h2-10,16,20-24H,11,14-15H2,1H3/t16-,20+,21+,22-/m0/s1. The molecule has 1 aliphatic carbocycles. The maximum atomic E-state index is 10.9. The van der Waals surface area contributed by atoms with E-state index in [2.05, 4.69) is 18.8 Å². The van der Waals surface area contributed by atoms with Crippen molar-refractivity contribution in [2.75, 3.05) is 0 Å². The molecule has 2 aromatic carbocycles. The number of benzene rings is 2. The van der Waals surface area contributed by atoms with Crippen molar-refractivity contribution in [3.8, 4) is 11.8 Å². The topological polar surface area (TPSA) is 40.5 Å². The summed E-state index contributed by atoms with van der Waals surface area (Å²) in [5, 5.41) is 21.2. The average Bonchev–Trinajstić information content (AvgIpc) is 2.62. The second-order valence-electron chi connectivity index (χ2n) is 6.80. The van der Waals surface area contributed by atoms with Gasteiger partial charge in [0.25, 0.3) is 0 Å². The highest BCUT2D eigenvalue weighted by atomic mass is 16.3. The van der Waals surface area contributed by atoms with Gasteiger partial charge in [0, 0.05) is 17.0 Å². The summed E-state index contributed by atoms with van der Waals surface area (Å²) in [4.78, 5) is 0. The van der Waals surface area contributed by atoms with Gasteiger partial charge >= 0.3 is 0 Å². The van der Waals surface area contributed by atoms with Crippen LogP contribution in [0.3, 0.4) is 0 Å². The molecule has 1 aliphatic rings. The van der Waals surface area contributed by atoms with Crippen LogP contribution in [0.15, 0.2) is 54.6 Å². The molecule has 0 amide bonds. The van der Waals surface area contributed by atoms with Crippen molar-refractivity contribution in [3.05, 3.63) is 71.3 Å². The zero-order valence-corrected chi connectivity index (χ0v) is 14.0. The fourth-order valence-corrected chi connectivity index (χ4v) is 3.51. The molecule has 0 spiro atoms. The Labute approximate surface area is 144 Å². The summed E-state index contributed by atoms with van der Waals surface area (Å²) in [5.74, 6) is 6.76. The van der Waals surface area contributed by atoms with Gasteiger partial charge in [-0.25, -0.2) is 0 Å². The lowest BCUT2D eigenvalue weighted by atomic mass is 9.75. The Morgan fingerprint density at radius 3 is 2.46 bits per heavy atom. The minimum atomic E-state index is -0.677. The average molecular weight is 320 g/mol. The molecule has 1 fully saturated rings. The second kappa shape index (κ2) is 7.66. The van der Waals surface area contributed by atoms with E-state index in [-0.39, 0.29) is 5.92 Å². The molecule has 0 aliphatic heterocycles. The lowest BCUT2D eigenvalue weighted by molar-refractivity contribution is -0.0260. The number of rotatable bonds is 2. The molecular formula is C22H24O2. The van der Waals surface area contributed by atoms with E-state index in [1.165, 1.54) is 0 Å². The second-order valence-corrected chi connectivity index (χ2v) is 6.80. The lowest BCUT2D eigenvalue weighted by Crippen LogP contribution is -2.33. The Balaban J connectivity index is 1.87. The van der Waals surface area contributed by atoms with Gasteiger partial charge in [0.15, 0.2) is 0 Å². The van der Waals surface area contributed by atoms with Gasteiger partial charge < -0.3 is 10.2 Å². The lowest BCUT2D eigenvalue weighted by Gasteiger charge is -2.35. The highest BCUT2D eigenvalue weighted by Crippen LogP contribution is 2.38. The normalized spacial score (nSPS) is 24.7. The molecule has 2 N–H and O–H groups in total. The fraction of sp³-hybridized carbons (Fsp3) is 0.364. The largest absolute Gasteiger partial charge is 0.393 e. The first-order valence-electron chi connectivity index (χ1n) is 8.67. The first kappa shape index (κ1) is 16.8. The smallest absolute Gasteiger partial charge is 0.0855 e. The molecule has 0 heterocycles.